The average Bonchev–Trinajstić information content (AvgIpc) is 4.18. The quantitative estimate of drug-likeness (QED) is 0.0508. The Morgan fingerprint density at radius 1 is 0.986 bits per heavy atom. The van der Waals surface area contributed by atoms with Gasteiger partial charge in [0.25, 0.3) is 0 Å². The normalized spacial score (nSPS) is 44.7. The Morgan fingerprint density at radius 3 is 2.48 bits per heavy atom. The number of aromatic amines is 1. The number of cyclic esters (lactones) is 1. The summed E-state index contributed by atoms with van der Waals surface area (Å²) in [5.41, 5.74) is 9.20. The maximum atomic E-state index is 15.6. The first-order chi connectivity index (χ1) is 34.9. The van der Waals surface area contributed by atoms with Crippen LogP contribution in [-0.2, 0) is 19.1 Å². The summed E-state index contributed by atoms with van der Waals surface area (Å²) in [7, 11) is 0. The first-order valence-corrected chi connectivity index (χ1v) is 28.0. The second-order valence-corrected chi connectivity index (χ2v) is 25.1. The third-order valence-electron chi connectivity index (χ3n) is 21.4. The molecular formula is C58H83N5O10. The summed E-state index contributed by atoms with van der Waals surface area (Å²) in [5.74, 6) is 3.27. The number of aliphatic imine (C=N–C) groups is 1. The van der Waals surface area contributed by atoms with Crippen LogP contribution < -0.4 is 16.8 Å². The second kappa shape index (κ2) is 20.2. The standard InChI is InChI=1S/C58H83N5O10/c1-31-11-12-33-13-14-39-37(29-64)23-47(68)55(3,71)52-35(8-6-7-34(22-41(39)40(33)21-31)42-30-73-53(70)48(42)36-16-19-61-28-36)25-58(72)49-43(15-17-56(52,58)18-20-62-54(59)60)57(38-9-4-5-10-38)26-46(67)45(66)24-44(57)51(69)50(49)63-27-32(2)65/h13,16,19,28,31,34-35,37-48,52,61,63-64,66-68,71-72H,4-5,8-12,14-15,17-18,20-27,29-30H2,1-3H3,(H4,59,60,62). The Labute approximate surface area is 430 Å². The lowest BCUT2D eigenvalue weighted by Gasteiger charge is -2.64. The van der Waals surface area contributed by atoms with E-state index in [0.717, 1.165) is 50.5 Å². The molecule has 19 atom stereocenters. The van der Waals surface area contributed by atoms with Crippen LogP contribution in [0.2, 0.25) is 0 Å². The Kier molecular flexibility index (Phi) is 14.5. The maximum absolute atomic E-state index is 15.6. The van der Waals surface area contributed by atoms with Crippen LogP contribution in [0.5, 0.6) is 0 Å². The van der Waals surface area contributed by atoms with E-state index in [9.17, 15) is 40.2 Å². The van der Waals surface area contributed by atoms with Crippen molar-refractivity contribution in [1.82, 2.24) is 10.3 Å². The van der Waals surface area contributed by atoms with Crippen LogP contribution in [0.25, 0.3) is 0 Å². The van der Waals surface area contributed by atoms with Gasteiger partial charge < -0.3 is 57.1 Å². The van der Waals surface area contributed by atoms with Crippen LogP contribution >= 0.6 is 0 Å². The van der Waals surface area contributed by atoms with Gasteiger partial charge in [-0.2, -0.15) is 0 Å². The van der Waals surface area contributed by atoms with Crippen molar-refractivity contribution in [3.8, 4) is 11.8 Å². The van der Waals surface area contributed by atoms with Gasteiger partial charge in [-0.05, 0) is 174 Å². The van der Waals surface area contributed by atoms with Gasteiger partial charge in [0.2, 0.25) is 0 Å². The Balaban J connectivity index is 1.16. The molecule has 73 heavy (non-hydrogen) atoms. The first-order valence-electron chi connectivity index (χ1n) is 28.0. The summed E-state index contributed by atoms with van der Waals surface area (Å²) in [5, 5.41) is 79.0. The van der Waals surface area contributed by atoms with E-state index < -0.39 is 75.9 Å². The van der Waals surface area contributed by atoms with E-state index >= 15 is 4.79 Å². The zero-order valence-corrected chi connectivity index (χ0v) is 43.3. The molecule has 6 fully saturated rings. The van der Waals surface area contributed by atoms with Crippen LogP contribution in [0, 0.1) is 93.7 Å². The Bertz CT molecular complexity index is 2410. The summed E-state index contributed by atoms with van der Waals surface area (Å²) < 4.78 is 5.92. The number of esters is 1. The molecule has 19 unspecified atom stereocenters. The van der Waals surface area contributed by atoms with Crippen molar-refractivity contribution in [2.75, 3.05) is 26.3 Å². The van der Waals surface area contributed by atoms with Gasteiger partial charge in [-0.15, -0.1) is 5.92 Å². The van der Waals surface area contributed by atoms with Gasteiger partial charge in [0.05, 0.1) is 54.3 Å². The fourth-order valence-corrected chi connectivity index (χ4v) is 18.4. The molecule has 0 radical (unpaired) electrons. The van der Waals surface area contributed by atoms with E-state index in [2.05, 4.69) is 40.1 Å². The zero-order chi connectivity index (χ0) is 51.8. The monoisotopic (exact) mass is 1010 g/mol. The van der Waals surface area contributed by atoms with Crippen molar-refractivity contribution in [2.24, 2.45) is 98.3 Å². The summed E-state index contributed by atoms with van der Waals surface area (Å²) in [6, 6.07) is 1.93. The number of fused-ring (bicyclic) bond motifs is 10. The van der Waals surface area contributed by atoms with E-state index in [0.29, 0.717) is 37.2 Å². The highest BCUT2D eigenvalue weighted by Gasteiger charge is 2.75. The molecule has 12 N–H and O–H groups in total. The van der Waals surface area contributed by atoms with E-state index in [1.807, 2.05) is 18.5 Å². The number of guanidine groups is 1. The molecule has 9 aliphatic rings. The number of ether oxygens (including phenoxy) is 1. The molecule has 0 aromatic carbocycles. The van der Waals surface area contributed by atoms with Gasteiger partial charge in [-0.3, -0.25) is 19.4 Å². The fourth-order valence-electron chi connectivity index (χ4n) is 18.4. The topological polar surface area (TPSA) is 274 Å². The predicted octanol–water partition coefficient (Wildman–Crippen LogP) is 4.54. The number of Topliss-reactive ketones (excluding diaryl/α,β-unsaturated/α-hetero) is 2. The third-order valence-corrected chi connectivity index (χ3v) is 21.4. The molecule has 15 nitrogen and oxygen atoms in total. The highest BCUT2D eigenvalue weighted by atomic mass is 16.5. The molecule has 0 amide bonds. The van der Waals surface area contributed by atoms with Crippen molar-refractivity contribution in [3.63, 3.8) is 0 Å². The highest BCUT2D eigenvalue weighted by Crippen LogP contribution is 2.74. The summed E-state index contributed by atoms with van der Waals surface area (Å²) in [4.78, 5) is 49.9. The van der Waals surface area contributed by atoms with Crippen LogP contribution in [-0.4, -0.2) is 115 Å². The predicted molar refractivity (Wildman–Crippen MR) is 273 cm³/mol. The van der Waals surface area contributed by atoms with Crippen LogP contribution in [0.1, 0.15) is 141 Å². The highest BCUT2D eigenvalue weighted by molar-refractivity contribution is 6.00. The zero-order valence-electron chi connectivity index (χ0n) is 43.3. The molecule has 15 heteroatoms. The number of aliphatic hydroxyl groups excluding tert-OH is 4. The van der Waals surface area contributed by atoms with Crippen molar-refractivity contribution in [1.29, 1.82) is 0 Å². The number of nitrogens with two attached hydrogens (primary N) is 2. The average molecular weight is 1010 g/mol. The number of ketones is 2. The van der Waals surface area contributed by atoms with Crippen LogP contribution in [0.15, 0.2) is 46.4 Å². The lowest BCUT2D eigenvalue weighted by atomic mass is 9.41. The molecule has 10 rings (SSSR count). The Hall–Kier alpha value is -4.04. The molecule has 2 heterocycles. The maximum Gasteiger partial charge on any atom is 0.313 e. The minimum Gasteiger partial charge on any atom is -0.465 e. The number of carbonyl (C=O) groups excluding carboxylic acids is 3. The van der Waals surface area contributed by atoms with Crippen molar-refractivity contribution >= 4 is 23.5 Å². The second-order valence-electron chi connectivity index (χ2n) is 25.1. The number of allylic oxidation sites excluding steroid dienone is 3. The van der Waals surface area contributed by atoms with Gasteiger partial charge in [0.15, 0.2) is 11.7 Å². The van der Waals surface area contributed by atoms with Crippen LogP contribution in [0.4, 0.5) is 0 Å². The first kappa shape index (κ1) is 52.4. The molecule has 1 aromatic heterocycles. The van der Waals surface area contributed by atoms with Crippen molar-refractivity contribution in [3.05, 3.63) is 46.9 Å². The molecular weight excluding hydrogens is 927 g/mol. The van der Waals surface area contributed by atoms with Crippen molar-refractivity contribution in [2.45, 2.75) is 165 Å². The minimum absolute atomic E-state index is 0.0327. The minimum atomic E-state index is -1.89. The largest absolute Gasteiger partial charge is 0.465 e. The SMILES string of the molecule is CC(=O)CNC1=C2C(CCC3(CCN=C(N)N)C4C(CC#CC(C5COC(=O)C5c5cc[nH]c5)CC5C6CC(C)CCC6=CCC5C(CO)CC(O)C4(C)O)CC23O)C2(C3CCCC3)CC(O)C(O)CC2C1=O. The molecule has 1 saturated heterocycles. The van der Waals surface area contributed by atoms with E-state index in [1.54, 1.807) is 6.92 Å². The van der Waals surface area contributed by atoms with E-state index in [4.69, 9.17) is 16.2 Å². The number of carbonyl (C=O) groups is 3. The summed E-state index contributed by atoms with van der Waals surface area (Å²) in [6.45, 7) is 5.32. The molecule has 0 bridgehead atoms. The molecule has 1 aromatic rings. The lowest BCUT2D eigenvalue weighted by molar-refractivity contribution is -0.197. The number of hydrogen-bond acceptors (Lipinski definition) is 12. The van der Waals surface area contributed by atoms with Gasteiger partial charge in [0.1, 0.15) is 5.78 Å². The number of hydrogen-bond donors (Lipinski definition) is 10. The molecule has 5 saturated carbocycles. The number of nitrogens with zero attached hydrogens (tertiary/aromatic N) is 1. The summed E-state index contributed by atoms with van der Waals surface area (Å²) >= 11 is 0. The van der Waals surface area contributed by atoms with E-state index in [1.165, 1.54) is 12.5 Å². The summed E-state index contributed by atoms with van der Waals surface area (Å²) in [6.07, 6.45) is 12.2. The number of H-pyrrole nitrogens is 1. The van der Waals surface area contributed by atoms with Crippen LogP contribution in [0.3, 0.4) is 0 Å². The number of aromatic nitrogens is 1. The van der Waals surface area contributed by atoms with Gasteiger partial charge in [0, 0.05) is 61.1 Å². The number of rotatable bonds is 10. The third kappa shape index (κ3) is 8.74. The van der Waals surface area contributed by atoms with Gasteiger partial charge in [-0.1, -0.05) is 37.3 Å². The molecule has 8 aliphatic carbocycles. The lowest BCUT2D eigenvalue weighted by Crippen LogP contribution is -2.67. The van der Waals surface area contributed by atoms with E-state index in [-0.39, 0.29) is 130 Å². The number of aliphatic hydroxyl groups is 6. The smallest absolute Gasteiger partial charge is 0.313 e. The van der Waals surface area contributed by atoms with Gasteiger partial charge >= 0.3 is 5.97 Å². The fraction of sp³-hybridized carbons (Fsp3) is 0.759. The van der Waals surface area contributed by atoms with Crippen molar-refractivity contribution < 1.29 is 49.8 Å². The molecule has 0 spiro atoms. The Morgan fingerprint density at radius 2 is 1.77 bits per heavy atom. The van der Waals surface area contributed by atoms with Gasteiger partial charge in [-0.25, -0.2) is 0 Å². The number of nitrogens with one attached hydrogen (secondary N) is 2. The molecule has 1 aliphatic heterocycles. The molecule has 400 valence electrons.